The average Bonchev–Trinajstić information content (AvgIpc) is 3.20. The highest BCUT2D eigenvalue weighted by atomic mass is 16.2. The van der Waals surface area contributed by atoms with Crippen LogP contribution in [0, 0.1) is 0 Å². The summed E-state index contributed by atoms with van der Waals surface area (Å²) in [6, 6.07) is 1.98. The summed E-state index contributed by atoms with van der Waals surface area (Å²) in [6.45, 7) is 3.55. The molecule has 7 heteroatoms. The number of amides is 3. The maximum Gasteiger partial charge on any atom is 0.317 e. The van der Waals surface area contributed by atoms with E-state index in [2.05, 4.69) is 16.5 Å². The molecular formula is C17H25N5O2. The highest BCUT2D eigenvalue weighted by Crippen LogP contribution is 2.21. The van der Waals surface area contributed by atoms with Gasteiger partial charge in [0.2, 0.25) is 5.91 Å². The first kappa shape index (κ1) is 16.5. The fourth-order valence-electron chi connectivity index (χ4n) is 3.29. The Hall–Kier alpha value is -2.31. The molecule has 24 heavy (non-hydrogen) atoms. The second kappa shape index (κ2) is 7.51. The Morgan fingerprint density at radius 1 is 1.33 bits per heavy atom. The monoisotopic (exact) mass is 331 g/mol. The molecule has 0 bridgehead atoms. The van der Waals surface area contributed by atoms with Crippen molar-refractivity contribution in [3.8, 4) is 0 Å². The van der Waals surface area contributed by atoms with Crippen LogP contribution in [0.25, 0.3) is 5.57 Å². The largest absolute Gasteiger partial charge is 0.343 e. The van der Waals surface area contributed by atoms with Gasteiger partial charge in [-0.1, -0.05) is 6.08 Å². The van der Waals surface area contributed by atoms with Gasteiger partial charge in [0.05, 0.1) is 5.69 Å². The summed E-state index contributed by atoms with van der Waals surface area (Å²) < 4.78 is 1.86. The van der Waals surface area contributed by atoms with Crippen LogP contribution in [0.1, 0.15) is 31.4 Å². The Kier molecular flexibility index (Phi) is 5.17. The van der Waals surface area contributed by atoms with Crippen LogP contribution < -0.4 is 5.32 Å². The number of rotatable bonds is 5. The van der Waals surface area contributed by atoms with E-state index in [9.17, 15) is 9.59 Å². The van der Waals surface area contributed by atoms with Crippen LogP contribution >= 0.6 is 0 Å². The molecule has 2 aliphatic rings. The van der Waals surface area contributed by atoms with E-state index in [1.807, 2.05) is 27.6 Å². The van der Waals surface area contributed by atoms with Gasteiger partial charge in [0.1, 0.15) is 0 Å². The third-order valence-corrected chi connectivity index (χ3v) is 4.70. The lowest BCUT2D eigenvalue weighted by Gasteiger charge is -2.27. The van der Waals surface area contributed by atoms with Crippen molar-refractivity contribution in [2.75, 3.05) is 32.7 Å². The highest BCUT2D eigenvalue weighted by molar-refractivity contribution is 5.78. The van der Waals surface area contributed by atoms with Crippen molar-refractivity contribution in [3.63, 3.8) is 0 Å². The lowest BCUT2D eigenvalue weighted by atomic mass is 10.1. The molecule has 0 unspecified atom stereocenters. The first-order valence-electron chi connectivity index (χ1n) is 8.63. The standard InChI is InChI=1S/C17H25N5O2/c1-20-15(5-9-19-20)14-6-12-22(13-7-14)17(24)18-8-3-11-21-10-2-4-16(21)23/h5-6,9H,2-4,7-8,10-13H2,1H3,(H,18,24). The summed E-state index contributed by atoms with van der Waals surface area (Å²) in [5.74, 6) is 0.241. The van der Waals surface area contributed by atoms with Crippen LogP contribution in [0.4, 0.5) is 4.79 Å². The minimum absolute atomic E-state index is 0.0249. The number of carbonyl (C=O) groups is 2. The molecule has 0 spiro atoms. The van der Waals surface area contributed by atoms with Gasteiger partial charge in [-0.3, -0.25) is 9.48 Å². The van der Waals surface area contributed by atoms with Crippen LogP contribution in [0.5, 0.6) is 0 Å². The minimum atomic E-state index is -0.0249. The molecule has 7 nitrogen and oxygen atoms in total. The van der Waals surface area contributed by atoms with Crippen LogP contribution in [-0.2, 0) is 11.8 Å². The summed E-state index contributed by atoms with van der Waals surface area (Å²) in [4.78, 5) is 27.4. The van der Waals surface area contributed by atoms with Gasteiger partial charge in [-0.25, -0.2) is 4.79 Å². The van der Waals surface area contributed by atoms with Crippen LogP contribution in [0.15, 0.2) is 18.3 Å². The minimum Gasteiger partial charge on any atom is -0.343 e. The van der Waals surface area contributed by atoms with E-state index in [1.165, 1.54) is 5.57 Å². The normalized spacial score (nSPS) is 18.0. The molecule has 1 N–H and O–H groups in total. The molecule has 3 heterocycles. The number of carbonyl (C=O) groups excluding carboxylic acids is 2. The van der Waals surface area contributed by atoms with Gasteiger partial charge in [0.15, 0.2) is 0 Å². The van der Waals surface area contributed by atoms with E-state index in [4.69, 9.17) is 0 Å². The van der Waals surface area contributed by atoms with Crippen molar-refractivity contribution in [1.82, 2.24) is 24.9 Å². The predicted octanol–water partition coefficient (Wildman–Crippen LogP) is 1.23. The van der Waals surface area contributed by atoms with Crippen LogP contribution in [0.3, 0.4) is 0 Å². The molecule has 3 amide bonds. The topological polar surface area (TPSA) is 70.5 Å². The van der Waals surface area contributed by atoms with Crippen molar-refractivity contribution < 1.29 is 9.59 Å². The molecule has 0 saturated carbocycles. The maximum atomic E-state index is 12.2. The molecule has 1 aromatic heterocycles. The Balaban J connectivity index is 1.40. The van der Waals surface area contributed by atoms with Gasteiger partial charge < -0.3 is 15.1 Å². The third-order valence-electron chi connectivity index (χ3n) is 4.70. The molecule has 0 atom stereocenters. The van der Waals surface area contributed by atoms with Gasteiger partial charge in [0.25, 0.3) is 0 Å². The molecule has 1 saturated heterocycles. The first-order valence-corrected chi connectivity index (χ1v) is 8.63. The quantitative estimate of drug-likeness (QED) is 0.825. The molecule has 0 radical (unpaired) electrons. The summed E-state index contributed by atoms with van der Waals surface area (Å²) >= 11 is 0. The summed E-state index contributed by atoms with van der Waals surface area (Å²) in [6.07, 6.45) is 7.18. The molecule has 1 fully saturated rings. The Morgan fingerprint density at radius 2 is 2.21 bits per heavy atom. The van der Waals surface area contributed by atoms with Crippen molar-refractivity contribution in [2.45, 2.75) is 25.7 Å². The lowest BCUT2D eigenvalue weighted by Crippen LogP contribution is -2.43. The highest BCUT2D eigenvalue weighted by Gasteiger charge is 2.20. The van der Waals surface area contributed by atoms with E-state index < -0.39 is 0 Å². The van der Waals surface area contributed by atoms with E-state index >= 15 is 0 Å². The third kappa shape index (κ3) is 3.77. The zero-order valence-corrected chi connectivity index (χ0v) is 14.2. The number of nitrogens with zero attached hydrogens (tertiary/aromatic N) is 4. The van der Waals surface area contributed by atoms with Gasteiger partial charge >= 0.3 is 6.03 Å². The van der Waals surface area contributed by atoms with Gasteiger partial charge in [-0.05, 0) is 30.9 Å². The molecular weight excluding hydrogens is 306 g/mol. The van der Waals surface area contributed by atoms with E-state index in [-0.39, 0.29) is 11.9 Å². The van der Waals surface area contributed by atoms with Crippen molar-refractivity contribution in [3.05, 3.63) is 24.0 Å². The molecule has 0 aromatic carbocycles. The van der Waals surface area contributed by atoms with Crippen LogP contribution in [0.2, 0.25) is 0 Å². The summed E-state index contributed by atoms with van der Waals surface area (Å²) in [5, 5.41) is 7.14. The van der Waals surface area contributed by atoms with Gasteiger partial charge in [0, 0.05) is 52.4 Å². The average molecular weight is 331 g/mol. The Labute approximate surface area is 142 Å². The Morgan fingerprint density at radius 3 is 2.83 bits per heavy atom. The van der Waals surface area contributed by atoms with Crippen LogP contribution in [-0.4, -0.2) is 64.2 Å². The SMILES string of the molecule is Cn1nccc1C1=CCN(C(=O)NCCCN2CCCC2=O)CC1. The smallest absolute Gasteiger partial charge is 0.317 e. The molecule has 2 aliphatic heterocycles. The predicted molar refractivity (Wildman–Crippen MR) is 91.2 cm³/mol. The number of aryl methyl sites for hydroxylation is 1. The molecule has 130 valence electrons. The van der Waals surface area contributed by atoms with Gasteiger partial charge in [-0.2, -0.15) is 5.10 Å². The number of urea groups is 1. The number of aromatic nitrogens is 2. The first-order chi connectivity index (χ1) is 11.6. The Bertz CT molecular complexity index is 637. The fourth-order valence-corrected chi connectivity index (χ4v) is 3.29. The molecule has 0 aliphatic carbocycles. The zero-order valence-electron chi connectivity index (χ0n) is 14.2. The van der Waals surface area contributed by atoms with E-state index in [1.54, 1.807) is 6.20 Å². The van der Waals surface area contributed by atoms with E-state index in [0.717, 1.165) is 38.0 Å². The fraction of sp³-hybridized carbons (Fsp3) is 0.588. The van der Waals surface area contributed by atoms with Crippen molar-refractivity contribution >= 4 is 17.5 Å². The molecule has 3 rings (SSSR count). The molecule has 1 aromatic rings. The van der Waals surface area contributed by atoms with Crippen molar-refractivity contribution in [2.24, 2.45) is 7.05 Å². The maximum absolute atomic E-state index is 12.2. The van der Waals surface area contributed by atoms with Gasteiger partial charge in [-0.15, -0.1) is 0 Å². The second-order valence-corrected chi connectivity index (χ2v) is 6.34. The summed E-state index contributed by atoms with van der Waals surface area (Å²) in [5.41, 5.74) is 2.36. The number of likely N-dealkylation sites (tertiary alicyclic amines) is 1. The number of nitrogens with one attached hydrogen (secondary N) is 1. The summed E-state index contributed by atoms with van der Waals surface area (Å²) in [7, 11) is 1.93. The second-order valence-electron chi connectivity index (χ2n) is 6.34. The zero-order chi connectivity index (χ0) is 16.9. The number of hydrogen-bond acceptors (Lipinski definition) is 3. The van der Waals surface area contributed by atoms with Crippen molar-refractivity contribution in [1.29, 1.82) is 0 Å². The van der Waals surface area contributed by atoms with E-state index in [0.29, 0.717) is 26.1 Å². The lowest BCUT2D eigenvalue weighted by molar-refractivity contribution is -0.127. The number of hydrogen-bond donors (Lipinski definition) is 1.